The maximum Gasteiger partial charge on any atom is 0.0943 e. The van der Waals surface area contributed by atoms with Gasteiger partial charge in [-0.1, -0.05) is 29.3 Å². The number of halogens is 3. The predicted molar refractivity (Wildman–Crippen MR) is 73.2 cm³/mol. The van der Waals surface area contributed by atoms with E-state index in [2.05, 4.69) is 0 Å². The number of thiophene rings is 1. The summed E-state index contributed by atoms with van der Waals surface area (Å²) in [4.78, 5) is 0.963. The third-order valence-corrected chi connectivity index (χ3v) is 4.47. The van der Waals surface area contributed by atoms with Crippen molar-refractivity contribution in [3.05, 3.63) is 55.7 Å². The first-order valence-electron chi connectivity index (χ1n) is 4.72. The van der Waals surface area contributed by atoms with Gasteiger partial charge in [0.15, 0.2) is 0 Å². The van der Waals surface area contributed by atoms with Crippen LogP contribution in [0.3, 0.4) is 0 Å². The molecule has 1 aromatic heterocycles. The molecule has 0 amide bonds. The zero-order valence-electron chi connectivity index (χ0n) is 8.51. The summed E-state index contributed by atoms with van der Waals surface area (Å²) in [5, 5.41) is 3.12. The van der Waals surface area contributed by atoms with Gasteiger partial charge < -0.3 is 0 Å². The Labute approximate surface area is 114 Å². The van der Waals surface area contributed by atoms with Gasteiger partial charge in [-0.2, -0.15) is 0 Å². The average Bonchev–Trinajstić information content (AvgIpc) is 2.62. The molecule has 0 bridgehead atoms. The van der Waals surface area contributed by atoms with Crippen LogP contribution in [0, 0.1) is 6.92 Å². The van der Waals surface area contributed by atoms with Gasteiger partial charge in [-0.25, -0.2) is 0 Å². The monoisotopic (exact) mass is 290 g/mol. The molecule has 0 aliphatic rings. The summed E-state index contributed by atoms with van der Waals surface area (Å²) in [7, 11) is 0. The minimum absolute atomic E-state index is 0.232. The van der Waals surface area contributed by atoms with Crippen LogP contribution < -0.4 is 0 Å². The fraction of sp³-hybridized carbons (Fsp3) is 0.167. The smallest absolute Gasteiger partial charge is 0.0943 e. The van der Waals surface area contributed by atoms with Crippen molar-refractivity contribution < 1.29 is 0 Å². The van der Waals surface area contributed by atoms with Crippen LogP contribution in [0.1, 0.15) is 21.4 Å². The van der Waals surface area contributed by atoms with Crippen LogP contribution in [0.5, 0.6) is 0 Å². The molecule has 0 N–H and O–H groups in total. The lowest BCUT2D eigenvalue weighted by Gasteiger charge is -2.10. The average molecular weight is 292 g/mol. The zero-order chi connectivity index (χ0) is 11.7. The van der Waals surface area contributed by atoms with Crippen LogP contribution in [-0.4, -0.2) is 0 Å². The summed E-state index contributed by atoms with van der Waals surface area (Å²) in [6.07, 6.45) is 0. The molecule has 1 heterocycles. The van der Waals surface area contributed by atoms with E-state index in [4.69, 9.17) is 34.8 Å². The van der Waals surface area contributed by atoms with E-state index in [1.165, 1.54) is 0 Å². The second-order valence-electron chi connectivity index (χ2n) is 3.56. The molecule has 0 aliphatic carbocycles. The molecule has 4 heteroatoms. The van der Waals surface area contributed by atoms with E-state index in [-0.39, 0.29) is 5.38 Å². The van der Waals surface area contributed by atoms with E-state index in [1.807, 2.05) is 36.6 Å². The standard InChI is InChI=1S/C12H9Cl3S/c1-7-4-8(6-9(13)5-7)11(15)12-10(14)2-3-16-12/h2-6,11H,1H3. The van der Waals surface area contributed by atoms with E-state index >= 15 is 0 Å². The van der Waals surface area contributed by atoms with Gasteiger partial charge in [0.1, 0.15) is 0 Å². The number of alkyl halides is 1. The topological polar surface area (TPSA) is 0 Å². The highest BCUT2D eigenvalue weighted by Gasteiger charge is 2.16. The lowest BCUT2D eigenvalue weighted by Crippen LogP contribution is -1.92. The minimum Gasteiger partial charge on any atom is -0.145 e. The molecule has 0 fully saturated rings. The van der Waals surface area contributed by atoms with Gasteiger partial charge in [0.25, 0.3) is 0 Å². The van der Waals surface area contributed by atoms with Crippen LogP contribution in [0.15, 0.2) is 29.6 Å². The Bertz CT molecular complexity index is 484. The minimum atomic E-state index is -0.232. The van der Waals surface area contributed by atoms with Crippen molar-refractivity contribution in [2.24, 2.45) is 0 Å². The first kappa shape index (κ1) is 12.3. The molecule has 2 rings (SSSR count). The molecule has 2 aromatic rings. The highest BCUT2D eigenvalue weighted by Crippen LogP contribution is 2.38. The molecule has 0 saturated carbocycles. The number of rotatable bonds is 2. The molecular formula is C12H9Cl3S. The van der Waals surface area contributed by atoms with Gasteiger partial charge in [-0.05, 0) is 41.6 Å². The van der Waals surface area contributed by atoms with E-state index < -0.39 is 0 Å². The van der Waals surface area contributed by atoms with E-state index in [0.29, 0.717) is 10.0 Å². The van der Waals surface area contributed by atoms with E-state index in [9.17, 15) is 0 Å². The highest BCUT2D eigenvalue weighted by atomic mass is 35.5. The Kier molecular flexibility index (Phi) is 3.81. The third-order valence-electron chi connectivity index (χ3n) is 2.23. The molecule has 0 radical (unpaired) electrons. The molecule has 16 heavy (non-hydrogen) atoms. The van der Waals surface area contributed by atoms with Crippen molar-refractivity contribution >= 4 is 46.1 Å². The highest BCUT2D eigenvalue weighted by molar-refractivity contribution is 7.11. The molecule has 84 valence electrons. The first-order valence-corrected chi connectivity index (χ1v) is 6.79. The molecule has 0 saturated heterocycles. The number of hydrogen-bond acceptors (Lipinski definition) is 1. The quantitative estimate of drug-likeness (QED) is 0.623. The van der Waals surface area contributed by atoms with Gasteiger partial charge in [0.2, 0.25) is 0 Å². The Morgan fingerprint density at radius 3 is 2.50 bits per heavy atom. The normalized spacial score (nSPS) is 12.8. The van der Waals surface area contributed by atoms with Gasteiger partial charge >= 0.3 is 0 Å². The maximum atomic E-state index is 6.39. The van der Waals surface area contributed by atoms with Crippen molar-refractivity contribution in [1.29, 1.82) is 0 Å². The molecular weight excluding hydrogens is 283 g/mol. The van der Waals surface area contributed by atoms with Crippen molar-refractivity contribution in [2.75, 3.05) is 0 Å². The maximum absolute atomic E-state index is 6.39. The van der Waals surface area contributed by atoms with E-state index in [0.717, 1.165) is 16.0 Å². The van der Waals surface area contributed by atoms with Crippen molar-refractivity contribution in [2.45, 2.75) is 12.3 Å². The molecule has 1 atom stereocenters. The van der Waals surface area contributed by atoms with Crippen LogP contribution in [-0.2, 0) is 0 Å². The van der Waals surface area contributed by atoms with Crippen molar-refractivity contribution in [3.63, 3.8) is 0 Å². The van der Waals surface area contributed by atoms with Gasteiger partial charge in [-0.15, -0.1) is 22.9 Å². The molecule has 0 spiro atoms. The van der Waals surface area contributed by atoms with E-state index in [1.54, 1.807) is 11.3 Å². The number of benzene rings is 1. The summed E-state index contributed by atoms with van der Waals surface area (Å²) < 4.78 is 0. The Hall–Kier alpha value is -0.210. The van der Waals surface area contributed by atoms with Crippen LogP contribution >= 0.6 is 46.1 Å². The van der Waals surface area contributed by atoms with Gasteiger partial charge in [0, 0.05) is 9.90 Å². The molecule has 0 aliphatic heterocycles. The summed E-state index contributed by atoms with van der Waals surface area (Å²) >= 11 is 20.0. The lowest BCUT2D eigenvalue weighted by molar-refractivity contribution is 1.17. The second-order valence-corrected chi connectivity index (χ2v) is 5.79. The third kappa shape index (κ3) is 2.54. The molecule has 1 unspecified atom stereocenters. The summed E-state index contributed by atoms with van der Waals surface area (Å²) in [6, 6.07) is 7.67. The van der Waals surface area contributed by atoms with Crippen LogP contribution in [0.2, 0.25) is 10.0 Å². The van der Waals surface area contributed by atoms with Crippen LogP contribution in [0.4, 0.5) is 0 Å². The summed E-state index contributed by atoms with van der Waals surface area (Å²) in [5.74, 6) is 0. The van der Waals surface area contributed by atoms with Gasteiger partial charge in [-0.3, -0.25) is 0 Å². The molecule has 1 aromatic carbocycles. The SMILES string of the molecule is Cc1cc(Cl)cc(C(Cl)c2sccc2Cl)c1. The lowest BCUT2D eigenvalue weighted by atomic mass is 10.1. The predicted octanol–water partition coefficient (Wildman–Crippen LogP) is 5.69. The Morgan fingerprint density at radius 2 is 1.94 bits per heavy atom. The Balaban J connectivity index is 2.41. The summed E-state index contributed by atoms with van der Waals surface area (Å²) in [5.41, 5.74) is 2.08. The fourth-order valence-electron chi connectivity index (χ4n) is 1.55. The van der Waals surface area contributed by atoms with Crippen LogP contribution in [0.25, 0.3) is 0 Å². The fourth-order valence-corrected chi connectivity index (χ4v) is 3.47. The first-order chi connectivity index (χ1) is 7.58. The van der Waals surface area contributed by atoms with Gasteiger partial charge in [0.05, 0.1) is 10.4 Å². The largest absolute Gasteiger partial charge is 0.145 e. The number of hydrogen-bond donors (Lipinski definition) is 0. The summed E-state index contributed by atoms with van der Waals surface area (Å²) in [6.45, 7) is 2.00. The zero-order valence-corrected chi connectivity index (χ0v) is 11.6. The molecule has 0 nitrogen and oxygen atoms in total. The van der Waals surface area contributed by atoms with Crippen molar-refractivity contribution in [3.8, 4) is 0 Å². The second kappa shape index (κ2) is 4.97. The number of aryl methyl sites for hydroxylation is 1. The Morgan fingerprint density at radius 1 is 1.19 bits per heavy atom. The van der Waals surface area contributed by atoms with Crippen molar-refractivity contribution in [1.82, 2.24) is 0 Å².